The number of rotatable bonds is 6. The van der Waals surface area contributed by atoms with Crippen molar-refractivity contribution in [1.29, 1.82) is 0 Å². The van der Waals surface area contributed by atoms with E-state index in [1.165, 1.54) is 11.1 Å². The maximum absolute atomic E-state index is 4.40. The topological polar surface area (TPSA) is 42.7 Å². The Bertz CT molecular complexity index is 565. The molecule has 1 heterocycles. The molecule has 1 aromatic heterocycles. The summed E-state index contributed by atoms with van der Waals surface area (Å²) in [6, 6.07) is 6.65. The minimum atomic E-state index is 0.226. The fourth-order valence-electron chi connectivity index (χ4n) is 2.33. The molecule has 0 spiro atoms. The molecule has 0 fully saturated rings. The maximum Gasteiger partial charge on any atom is 0.138 e. The third-order valence-corrected chi connectivity index (χ3v) is 4.12. The average Bonchev–Trinajstić information content (AvgIpc) is 2.87. The Kier molecular flexibility index (Phi) is 5.31. The first-order valence-corrected chi connectivity index (χ1v) is 7.75. The van der Waals surface area contributed by atoms with Gasteiger partial charge >= 0.3 is 0 Å². The Hall–Kier alpha value is -1.20. The lowest BCUT2D eigenvalue weighted by molar-refractivity contribution is 0.516. The minimum Gasteiger partial charge on any atom is -0.313 e. The summed E-state index contributed by atoms with van der Waals surface area (Å²) >= 11 is 3.64. The second-order valence-corrected chi connectivity index (χ2v) is 5.82. The van der Waals surface area contributed by atoms with Crippen molar-refractivity contribution in [2.45, 2.75) is 39.3 Å². The molecular weight excluding hydrogens is 316 g/mol. The van der Waals surface area contributed by atoms with Crippen LogP contribution < -0.4 is 5.32 Å². The molecule has 0 aliphatic rings. The Morgan fingerprint density at radius 3 is 2.90 bits per heavy atom. The molecule has 0 bridgehead atoms. The number of nitrogens with one attached hydrogen (secondary N) is 1. The van der Waals surface area contributed by atoms with Gasteiger partial charge in [-0.15, -0.1) is 0 Å². The normalized spacial score (nSPS) is 12.6. The molecule has 0 aliphatic carbocycles. The van der Waals surface area contributed by atoms with Crippen LogP contribution in [-0.2, 0) is 13.0 Å². The molecule has 1 atom stereocenters. The highest BCUT2D eigenvalue weighted by molar-refractivity contribution is 9.10. The predicted molar refractivity (Wildman–Crippen MR) is 84.7 cm³/mol. The van der Waals surface area contributed by atoms with Gasteiger partial charge in [0.1, 0.15) is 12.2 Å². The fourth-order valence-corrected chi connectivity index (χ4v) is 2.85. The van der Waals surface area contributed by atoms with E-state index >= 15 is 0 Å². The Balaban J connectivity index is 2.24. The molecule has 0 saturated heterocycles. The lowest BCUT2D eigenvalue weighted by Crippen LogP contribution is -2.21. The zero-order valence-electron chi connectivity index (χ0n) is 12.2. The standard InChI is InChI=1S/C15H21BrN4/c1-4-7-20-15(18-10-19-20)9-14(17-3)12-8-11(2)5-6-13(12)16/h5-6,8,10,14,17H,4,7,9H2,1-3H3. The Labute approximate surface area is 128 Å². The van der Waals surface area contributed by atoms with Crippen LogP contribution in [0.1, 0.15) is 36.3 Å². The van der Waals surface area contributed by atoms with Crippen LogP contribution in [0.5, 0.6) is 0 Å². The van der Waals surface area contributed by atoms with Crippen LogP contribution in [0.15, 0.2) is 29.0 Å². The molecule has 108 valence electrons. The van der Waals surface area contributed by atoms with E-state index in [1.54, 1.807) is 6.33 Å². The van der Waals surface area contributed by atoms with Crippen LogP contribution in [0.2, 0.25) is 0 Å². The molecular formula is C15H21BrN4. The number of hydrogen-bond donors (Lipinski definition) is 1. The van der Waals surface area contributed by atoms with Crippen LogP contribution in [0.3, 0.4) is 0 Å². The summed E-state index contributed by atoms with van der Waals surface area (Å²) in [5.74, 6) is 1.03. The van der Waals surface area contributed by atoms with Crippen molar-refractivity contribution < 1.29 is 0 Å². The van der Waals surface area contributed by atoms with Crippen LogP contribution in [-0.4, -0.2) is 21.8 Å². The second-order valence-electron chi connectivity index (χ2n) is 4.97. The second kappa shape index (κ2) is 6.99. The molecule has 0 amide bonds. The quantitative estimate of drug-likeness (QED) is 0.880. The minimum absolute atomic E-state index is 0.226. The largest absolute Gasteiger partial charge is 0.313 e. The Morgan fingerprint density at radius 2 is 2.20 bits per heavy atom. The van der Waals surface area contributed by atoms with Crippen molar-refractivity contribution in [3.63, 3.8) is 0 Å². The molecule has 0 saturated carbocycles. The van der Waals surface area contributed by atoms with Gasteiger partial charge in [-0.3, -0.25) is 4.68 Å². The average molecular weight is 337 g/mol. The molecule has 4 nitrogen and oxygen atoms in total. The molecule has 0 radical (unpaired) electrons. The van der Waals surface area contributed by atoms with E-state index in [0.717, 1.165) is 29.7 Å². The summed E-state index contributed by atoms with van der Waals surface area (Å²) in [6.45, 7) is 5.18. The summed E-state index contributed by atoms with van der Waals surface area (Å²) < 4.78 is 3.12. The van der Waals surface area contributed by atoms with E-state index in [0.29, 0.717) is 0 Å². The van der Waals surface area contributed by atoms with Crippen molar-refractivity contribution in [1.82, 2.24) is 20.1 Å². The maximum atomic E-state index is 4.40. The van der Waals surface area contributed by atoms with Gasteiger partial charge in [0, 0.05) is 23.5 Å². The molecule has 1 N–H and O–H groups in total. The lowest BCUT2D eigenvalue weighted by Gasteiger charge is -2.18. The monoisotopic (exact) mass is 336 g/mol. The van der Waals surface area contributed by atoms with E-state index < -0.39 is 0 Å². The number of halogens is 1. The van der Waals surface area contributed by atoms with Crippen molar-refractivity contribution in [3.05, 3.63) is 46.0 Å². The molecule has 1 aromatic carbocycles. The zero-order chi connectivity index (χ0) is 14.5. The number of hydrogen-bond acceptors (Lipinski definition) is 3. The number of aromatic nitrogens is 3. The van der Waals surface area contributed by atoms with Gasteiger partial charge in [-0.05, 0) is 32.0 Å². The van der Waals surface area contributed by atoms with Gasteiger partial charge in [0.05, 0.1) is 0 Å². The zero-order valence-corrected chi connectivity index (χ0v) is 13.8. The van der Waals surface area contributed by atoms with E-state index in [9.17, 15) is 0 Å². The lowest BCUT2D eigenvalue weighted by atomic mass is 10.0. The van der Waals surface area contributed by atoms with Gasteiger partial charge in [0.2, 0.25) is 0 Å². The molecule has 20 heavy (non-hydrogen) atoms. The van der Waals surface area contributed by atoms with Gasteiger partial charge in [0.15, 0.2) is 0 Å². The van der Waals surface area contributed by atoms with Crippen molar-refractivity contribution in [3.8, 4) is 0 Å². The van der Waals surface area contributed by atoms with Crippen LogP contribution >= 0.6 is 15.9 Å². The molecule has 2 aromatic rings. The van der Waals surface area contributed by atoms with Crippen LogP contribution in [0, 0.1) is 6.92 Å². The number of likely N-dealkylation sites (N-methyl/N-ethyl adjacent to an activating group) is 1. The summed E-state index contributed by atoms with van der Waals surface area (Å²) in [4.78, 5) is 4.40. The number of nitrogens with zero attached hydrogens (tertiary/aromatic N) is 3. The van der Waals surface area contributed by atoms with E-state index in [1.807, 2.05) is 11.7 Å². The summed E-state index contributed by atoms with van der Waals surface area (Å²) in [6.07, 6.45) is 3.54. The van der Waals surface area contributed by atoms with Crippen molar-refractivity contribution >= 4 is 15.9 Å². The molecule has 5 heteroatoms. The highest BCUT2D eigenvalue weighted by Gasteiger charge is 2.16. The van der Waals surface area contributed by atoms with Gasteiger partial charge in [-0.25, -0.2) is 4.98 Å². The first-order valence-electron chi connectivity index (χ1n) is 6.95. The van der Waals surface area contributed by atoms with Gasteiger partial charge < -0.3 is 5.32 Å². The number of aryl methyl sites for hydroxylation is 2. The summed E-state index contributed by atoms with van der Waals surface area (Å²) in [7, 11) is 1.99. The first-order chi connectivity index (χ1) is 9.65. The van der Waals surface area contributed by atoms with Crippen LogP contribution in [0.4, 0.5) is 0 Å². The number of benzene rings is 1. The smallest absolute Gasteiger partial charge is 0.138 e. The van der Waals surface area contributed by atoms with Gasteiger partial charge in [-0.2, -0.15) is 5.10 Å². The molecule has 2 rings (SSSR count). The molecule has 1 unspecified atom stereocenters. The highest BCUT2D eigenvalue weighted by Crippen LogP contribution is 2.26. The van der Waals surface area contributed by atoms with Crippen molar-refractivity contribution in [2.24, 2.45) is 0 Å². The highest BCUT2D eigenvalue weighted by atomic mass is 79.9. The summed E-state index contributed by atoms with van der Waals surface area (Å²) in [5.41, 5.74) is 2.53. The van der Waals surface area contributed by atoms with Gasteiger partial charge in [-0.1, -0.05) is 40.5 Å². The van der Waals surface area contributed by atoms with E-state index in [4.69, 9.17) is 0 Å². The van der Waals surface area contributed by atoms with Gasteiger partial charge in [0.25, 0.3) is 0 Å². The SMILES string of the molecule is CCCn1ncnc1CC(NC)c1cc(C)ccc1Br. The molecule has 0 aliphatic heterocycles. The summed E-state index contributed by atoms with van der Waals surface area (Å²) in [5, 5.41) is 7.68. The first kappa shape index (κ1) is 15.2. The predicted octanol–water partition coefficient (Wildman–Crippen LogP) is 3.26. The van der Waals surface area contributed by atoms with E-state index in [2.05, 4.69) is 63.4 Å². The van der Waals surface area contributed by atoms with E-state index in [-0.39, 0.29) is 6.04 Å². The fraction of sp³-hybridized carbons (Fsp3) is 0.467. The van der Waals surface area contributed by atoms with Crippen molar-refractivity contribution in [2.75, 3.05) is 7.05 Å². The third-order valence-electron chi connectivity index (χ3n) is 3.39. The third kappa shape index (κ3) is 3.46. The Morgan fingerprint density at radius 1 is 1.40 bits per heavy atom. The van der Waals surface area contributed by atoms with Crippen LogP contribution in [0.25, 0.3) is 0 Å².